The zero-order valence-corrected chi connectivity index (χ0v) is 18.4. The summed E-state index contributed by atoms with van der Waals surface area (Å²) in [5.74, 6) is -0.209. The number of amides is 1. The molecule has 3 unspecified atom stereocenters. The van der Waals surface area contributed by atoms with Crippen LogP contribution in [0.15, 0.2) is 78.9 Å². The highest BCUT2D eigenvalue weighted by Gasteiger charge is 2.45. The van der Waals surface area contributed by atoms with Gasteiger partial charge in [0, 0.05) is 16.5 Å². The summed E-state index contributed by atoms with van der Waals surface area (Å²) < 4.78 is 11.0. The maximum absolute atomic E-state index is 12.9. The molecule has 0 bridgehead atoms. The minimum Gasteiger partial charge on any atom is -0.489 e. The highest BCUT2D eigenvalue weighted by molar-refractivity contribution is 6.30. The molecule has 164 valence electrons. The third kappa shape index (κ3) is 5.11. The lowest BCUT2D eigenvalue weighted by molar-refractivity contribution is -0.145. The number of rotatable bonds is 8. The number of ether oxygens (including phenoxy) is 2. The number of esters is 1. The van der Waals surface area contributed by atoms with Crippen LogP contribution in [0.25, 0.3) is 0 Å². The van der Waals surface area contributed by atoms with Gasteiger partial charge in [-0.3, -0.25) is 4.79 Å². The van der Waals surface area contributed by atoms with Crippen molar-refractivity contribution in [2.75, 3.05) is 7.11 Å². The third-order valence-corrected chi connectivity index (χ3v) is 5.83. The lowest BCUT2D eigenvalue weighted by Gasteiger charge is -2.20. The number of nitrogens with one attached hydrogen (secondary N) is 1. The summed E-state index contributed by atoms with van der Waals surface area (Å²) in [5, 5.41) is 3.50. The van der Waals surface area contributed by atoms with E-state index in [0.717, 1.165) is 17.5 Å². The fourth-order valence-corrected chi connectivity index (χ4v) is 4.04. The molecule has 1 N–H and O–H groups in total. The maximum Gasteiger partial charge on any atom is 0.333 e. The van der Waals surface area contributed by atoms with Crippen LogP contribution >= 0.6 is 11.6 Å². The second-order valence-electron chi connectivity index (χ2n) is 7.78. The average Bonchev–Trinajstić information content (AvgIpc) is 3.63. The molecule has 0 aromatic heterocycles. The maximum atomic E-state index is 12.9. The van der Waals surface area contributed by atoms with Crippen molar-refractivity contribution in [1.82, 2.24) is 5.32 Å². The van der Waals surface area contributed by atoms with E-state index in [1.807, 2.05) is 54.6 Å². The summed E-state index contributed by atoms with van der Waals surface area (Å²) in [6.07, 6.45) is 0.761. The van der Waals surface area contributed by atoms with Gasteiger partial charge < -0.3 is 14.8 Å². The highest BCUT2D eigenvalue weighted by atomic mass is 35.5. The van der Waals surface area contributed by atoms with E-state index < -0.39 is 12.0 Å². The van der Waals surface area contributed by atoms with Gasteiger partial charge in [-0.05, 0) is 41.7 Å². The smallest absolute Gasteiger partial charge is 0.333 e. The van der Waals surface area contributed by atoms with E-state index in [1.54, 1.807) is 24.3 Å². The molecule has 1 fully saturated rings. The number of para-hydroxylation sites is 1. The first-order valence-corrected chi connectivity index (χ1v) is 10.8. The summed E-state index contributed by atoms with van der Waals surface area (Å²) >= 11 is 6.05. The van der Waals surface area contributed by atoms with Crippen molar-refractivity contribution in [1.29, 1.82) is 0 Å². The Morgan fingerprint density at radius 3 is 2.53 bits per heavy atom. The van der Waals surface area contributed by atoms with Crippen LogP contribution in [0.4, 0.5) is 0 Å². The first kappa shape index (κ1) is 21.9. The third-order valence-electron chi connectivity index (χ3n) is 5.59. The molecule has 1 amide bonds. The van der Waals surface area contributed by atoms with Crippen molar-refractivity contribution in [2.24, 2.45) is 5.92 Å². The molecule has 1 aliphatic rings. The molecule has 0 radical (unpaired) electrons. The van der Waals surface area contributed by atoms with Crippen LogP contribution in [0.3, 0.4) is 0 Å². The van der Waals surface area contributed by atoms with Gasteiger partial charge in [0.2, 0.25) is 5.91 Å². The predicted molar refractivity (Wildman–Crippen MR) is 122 cm³/mol. The van der Waals surface area contributed by atoms with Crippen LogP contribution < -0.4 is 10.1 Å². The Labute approximate surface area is 192 Å². The Kier molecular flexibility index (Phi) is 6.76. The van der Waals surface area contributed by atoms with Crippen LogP contribution in [-0.2, 0) is 20.9 Å². The molecule has 3 aromatic rings. The largest absolute Gasteiger partial charge is 0.489 e. The lowest BCUT2D eigenvalue weighted by Crippen LogP contribution is -2.36. The topological polar surface area (TPSA) is 64.6 Å². The second-order valence-corrected chi connectivity index (χ2v) is 8.22. The molecule has 1 aliphatic carbocycles. The molecule has 3 aromatic carbocycles. The van der Waals surface area contributed by atoms with Crippen molar-refractivity contribution in [2.45, 2.75) is 25.0 Å². The number of carbonyl (C=O) groups excluding carboxylic acids is 2. The summed E-state index contributed by atoms with van der Waals surface area (Å²) in [6, 6.07) is 23.5. The number of hydrogen-bond acceptors (Lipinski definition) is 4. The van der Waals surface area contributed by atoms with E-state index in [0.29, 0.717) is 16.3 Å². The summed E-state index contributed by atoms with van der Waals surface area (Å²) in [6.45, 7) is 0.276. The molecule has 4 rings (SSSR count). The van der Waals surface area contributed by atoms with Gasteiger partial charge >= 0.3 is 5.97 Å². The van der Waals surface area contributed by atoms with Gasteiger partial charge in [-0.1, -0.05) is 72.3 Å². The van der Waals surface area contributed by atoms with Crippen molar-refractivity contribution in [3.05, 3.63) is 101 Å². The Morgan fingerprint density at radius 2 is 1.78 bits per heavy atom. The van der Waals surface area contributed by atoms with Gasteiger partial charge in [-0.25, -0.2) is 4.79 Å². The average molecular weight is 450 g/mol. The quantitative estimate of drug-likeness (QED) is 0.488. The first-order chi connectivity index (χ1) is 15.6. The number of methoxy groups -OCH3 is 1. The Balaban J connectivity index is 1.50. The van der Waals surface area contributed by atoms with Crippen LogP contribution in [0.2, 0.25) is 5.02 Å². The minimum absolute atomic E-state index is 0.163. The molecular formula is C26H24ClNO4. The number of benzene rings is 3. The number of hydrogen-bond donors (Lipinski definition) is 1. The zero-order valence-electron chi connectivity index (χ0n) is 17.7. The number of carbonyl (C=O) groups is 2. The Bertz CT molecular complexity index is 1100. The van der Waals surface area contributed by atoms with Gasteiger partial charge in [-0.2, -0.15) is 0 Å². The molecule has 3 atom stereocenters. The Morgan fingerprint density at radius 1 is 1.03 bits per heavy atom. The normalized spacial score (nSPS) is 17.8. The molecule has 0 heterocycles. The molecule has 0 aliphatic heterocycles. The van der Waals surface area contributed by atoms with Crippen molar-refractivity contribution < 1.29 is 19.1 Å². The van der Waals surface area contributed by atoms with Gasteiger partial charge in [0.25, 0.3) is 0 Å². The van der Waals surface area contributed by atoms with Gasteiger partial charge in [0.1, 0.15) is 12.4 Å². The molecular weight excluding hydrogens is 426 g/mol. The van der Waals surface area contributed by atoms with Crippen LogP contribution in [0, 0.1) is 5.92 Å². The van der Waals surface area contributed by atoms with Crippen molar-refractivity contribution >= 4 is 23.5 Å². The van der Waals surface area contributed by atoms with Gasteiger partial charge in [-0.15, -0.1) is 0 Å². The molecule has 1 saturated carbocycles. The van der Waals surface area contributed by atoms with E-state index in [1.165, 1.54) is 7.11 Å². The van der Waals surface area contributed by atoms with E-state index >= 15 is 0 Å². The van der Waals surface area contributed by atoms with Crippen LogP contribution in [0.1, 0.15) is 35.1 Å². The summed E-state index contributed by atoms with van der Waals surface area (Å²) in [5.41, 5.74) is 2.58. The van der Waals surface area contributed by atoms with Gasteiger partial charge in [0.15, 0.2) is 6.04 Å². The van der Waals surface area contributed by atoms with Crippen LogP contribution in [-0.4, -0.2) is 19.0 Å². The zero-order chi connectivity index (χ0) is 22.5. The van der Waals surface area contributed by atoms with E-state index in [9.17, 15) is 9.59 Å². The minimum atomic E-state index is -0.958. The Hall–Kier alpha value is -3.31. The standard InChI is InChI=1S/C26H24ClNO4/c1-31-26(30)24(28-25(29)22-15-21(22)18-9-3-2-4-10-18)20-12-5-6-13-23(20)32-16-17-8-7-11-19(27)14-17/h2-14,21-22,24H,15-16H2,1H3,(H,28,29). The van der Waals surface area contributed by atoms with Crippen molar-refractivity contribution in [3.63, 3.8) is 0 Å². The SMILES string of the molecule is COC(=O)C(NC(=O)C1CC1c1ccccc1)c1ccccc1OCc1cccc(Cl)c1. The highest BCUT2D eigenvalue weighted by Crippen LogP contribution is 2.47. The summed E-state index contributed by atoms with van der Waals surface area (Å²) in [7, 11) is 1.31. The predicted octanol–water partition coefficient (Wildman–Crippen LogP) is 5.05. The first-order valence-electron chi connectivity index (χ1n) is 10.5. The molecule has 5 nitrogen and oxygen atoms in total. The molecule has 32 heavy (non-hydrogen) atoms. The van der Waals surface area contributed by atoms with E-state index in [4.69, 9.17) is 21.1 Å². The van der Waals surface area contributed by atoms with Gasteiger partial charge in [0.05, 0.1) is 7.11 Å². The lowest BCUT2D eigenvalue weighted by atomic mass is 10.0. The van der Waals surface area contributed by atoms with E-state index in [2.05, 4.69) is 5.32 Å². The van der Waals surface area contributed by atoms with Crippen molar-refractivity contribution in [3.8, 4) is 5.75 Å². The monoisotopic (exact) mass is 449 g/mol. The number of halogens is 1. The summed E-state index contributed by atoms with van der Waals surface area (Å²) in [4.78, 5) is 25.6. The molecule has 6 heteroatoms. The fourth-order valence-electron chi connectivity index (χ4n) is 3.82. The van der Waals surface area contributed by atoms with Crippen LogP contribution in [0.5, 0.6) is 5.75 Å². The fraction of sp³-hybridized carbons (Fsp3) is 0.231. The second kappa shape index (κ2) is 9.88. The molecule has 0 spiro atoms. The van der Waals surface area contributed by atoms with E-state index in [-0.39, 0.29) is 24.3 Å². The molecule has 0 saturated heterocycles.